The van der Waals surface area contributed by atoms with Gasteiger partial charge >= 0.3 is 0 Å². The van der Waals surface area contributed by atoms with Crippen LogP contribution in [0, 0.1) is 5.92 Å². The van der Waals surface area contributed by atoms with Crippen molar-refractivity contribution in [1.82, 2.24) is 20.1 Å². The topological polar surface area (TPSA) is 54.8 Å². The average Bonchev–Trinajstić information content (AvgIpc) is 2.86. The first kappa shape index (κ1) is 12.3. The first-order valence-electron chi connectivity index (χ1n) is 6.97. The van der Waals surface area contributed by atoms with Gasteiger partial charge in [-0.1, -0.05) is 0 Å². The largest absolute Gasteiger partial charge is 0.369 e. The molecule has 0 amide bonds. The maximum Gasteiger partial charge on any atom is 0.139 e. The van der Waals surface area contributed by atoms with Crippen LogP contribution in [0.25, 0.3) is 11.3 Å². The number of nitrogens with zero attached hydrogens (tertiary/aromatic N) is 3. The highest BCUT2D eigenvalue weighted by atomic mass is 79.9. The van der Waals surface area contributed by atoms with E-state index in [2.05, 4.69) is 36.2 Å². The summed E-state index contributed by atoms with van der Waals surface area (Å²) in [6.45, 7) is 3.15. The van der Waals surface area contributed by atoms with Crippen molar-refractivity contribution in [2.24, 2.45) is 5.92 Å². The molecule has 2 aliphatic heterocycles. The van der Waals surface area contributed by atoms with Crippen molar-refractivity contribution in [3.8, 4) is 11.3 Å². The molecule has 0 bridgehead atoms. The Morgan fingerprint density at radius 2 is 2.10 bits per heavy atom. The van der Waals surface area contributed by atoms with Crippen molar-refractivity contribution in [3.05, 3.63) is 29.0 Å². The van der Waals surface area contributed by atoms with E-state index >= 15 is 0 Å². The van der Waals surface area contributed by atoms with E-state index in [0.717, 1.165) is 47.6 Å². The van der Waals surface area contributed by atoms with E-state index in [4.69, 9.17) is 5.10 Å². The molecule has 2 atom stereocenters. The molecule has 2 aromatic rings. The summed E-state index contributed by atoms with van der Waals surface area (Å²) in [7, 11) is 0. The highest BCUT2D eigenvalue weighted by molar-refractivity contribution is 9.10. The van der Waals surface area contributed by atoms with Gasteiger partial charge in [-0.2, -0.15) is 5.10 Å². The molecule has 2 aliphatic rings. The van der Waals surface area contributed by atoms with E-state index in [1.807, 2.05) is 12.1 Å². The van der Waals surface area contributed by atoms with Crippen LogP contribution >= 0.6 is 15.9 Å². The number of anilines is 1. The van der Waals surface area contributed by atoms with Crippen LogP contribution in [0.15, 0.2) is 29.0 Å². The Bertz CT molecular complexity index is 624. The summed E-state index contributed by atoms with van der Waals surface area (Å²) in [5, 5.41) is 11.8. The molecular formula is C14H16BrN5. The normalized spacial score (nSPS) is 24.6. The molecule has 4 rings (SSSR count). The molecular weight excluding hydrogens is 318 g/mol. The predicted octanol–water partition coefficient (Wildman–Crippen LogP) is 2.28. The molecule has 2 unspecified atom stereocenters. The van der Waals surface area contributed by atoms with Gasteiger partial charge in [0, 0.05) is 37.0 Å². The molecule has 2 N–H and O–H groups in total. The first-order chi connectivity index (χ1) is 9.84. The van der Waals surface area contributed by atoms with Gasteiger partial charge in [-0.25, -0.2) is 4.68 Å². The molecule has 1 saturated heterocycles. The molecule has 0 aromatic carbocycles. The number of hydrogen-bond donors (Lipinski definition) is 2. The van der Waals surface area contributed by atoms with Crippen LogP contribution in [0.5, 0.6) is 0 Å². The van der Waals surface area contributed by atoms with Gasteiger partial charge in [0.15, 0.2) is 0 Å². The Kier molecular flexibility index (Phi) is 3.00. The van der Waals surface area contributed by atoms with E-state index in [1.54, 1.807) is 12.4 Å². The highest BCUT2D eigenvalue weighted by Gasteiger charge is 2.34. The number of hydrogen-bond acceptors (Lipinski definition) is 4. The van der Waals surface area contributed by atoms with Gasteiger partial charge in [-0.15, -0.1) is 0 Å². The fourth-order valence-electron chi connectivity index (χ4n) is 3.17. The quantitative estimate of drug-likeness (QED) is 0.840. The maximum absolute atomic E-state index is 4.86. The third kappa shape index (κ3) is 1.86. The highest BCUT2D eigenvalue weighted by Crippen LogP contribution is 2.40. The second kappa shape index (κ2) is 4.86. The second-order valence-corrected chi connectivity index (χ2v) is 6.19. The lowest BCUT2D eigenvalue weighted by Crippen LogP contribution is -2.44. The van der Waals surface area contributed by atoms with Gasteiger partial charge in [0.1, 0.15) is 11.5 Å². The number of rotatable bonds is 1. The molecule has 20 heavy (non-hydrogen) atoms. The number of fused-ring (bicyclic) bond motifs is 3. The molecule has 0 radical (unpaired) electrons. The molecule has 2 aromatic heterocycles. The zero-order chi connectivity index (χ0) is 13.5. The van der Waals surface area contributed by atoms with Gasteiger partial charge < -0.3 is 10.6 Å². The van der Waals surface area contributed by atoms with Gasteiger partial charge in [0.2, 0.25) is 0 Å². The van der Waals surface area contributed by atoms with Crippen molar-refractivity contribution >= 4 is 21.7 Å². The molecule has 1 fully saturated rings. The molecule has 5 nitrogen and oxygen atoms in total. The van der Waals surface area contributed by atoms with Crippen LogP contribution in [-0.4, -0.2) is 34.4 Å². The molecule has 0 aliphatic carbocycles. The van der Waals surface area contributed by atoms with Crippen molar-refractivity contribution in [2.45, 2.75) is 12.5 Å². The summed E-state index contributed by atoms with van der Waals surface area (Å²) >= 11 is 3.71. The SMILES string of the molecule is Brc1c(-c2ccncc2)nn2c1NCC1CNCCC12. The summed E-state index contributed by atoms with van der Waals surface area (Å²) in [4.78, 5) is 4.07. The van der Waals surface area contributed by atoms with Crippen molar-refractivity contribution in [2.75, 3.05) is 25.0 Å². The van der Waals surface area contributed by atoms with Gasteiger partial charge in [-0.3, -0.25) is 4.98 Å². The zero-order valence-electron chi connectivity index (χ0n) is 11.0. The van der Waals surface area contributed by atoms with E-state index < -0.39 is 0 Å². The van der Waals surface area contributed by atoms with Gasteiger partial charge in [0.05, 0.1) is 10.5 Å². The fourth-order valence-corrected chi connectivity index (χ4v) is 3.80. The number of aromatic nitrogens is 3. The monoisotopic (exact) mass is 333 g/mol. The molecule has 6 heteroatoms. The minimum Gasteiger partial charge on any atom is -0.369 e. The van der Waals surface area contributed by atoms with E-state index in [0.29, 0.717) is 12.0 Å². The van der Waals surface area contributed by atoms with Crippen molar-refractivity contribution in [1.29, 1.82) is 0 Å². The van der Waals surface area contributed by atoms with Crippen LogP contribution in [0.2, 0.25) is 0 Å². The van der Waals surface area contributed by atoms with Crippen LogP contribution in [0.1, 0.15) is 12.5 Å². The van der Waals surface area contributed by atoms with E-state index in [9.17, 15) is 0 Å². The molecule has 0 spiro atoms. The van der Waals surface area contributed by atoms with Gasteiger partial charge in [-0.05, 0) is 41.0 Å². The number of piperidine rings is 1. The molecule has 4 heterocycles. The average molecular weight is 334 g/mol. The Morgan fingerprint density at radius 3 is 2.95 bits per heavy atom. The summed E-state index contributed by atoms with van der Waals surface area (Å²) in [6, 6.07) is 4.50. The first-order valence-corrected chi connectivity index (χ1v) is 7.77. The second-order valence-electron chi connectivity index (χ2n) is 5.39. The standard InChI is InChI=1S/C14H16BrN5/c15-12-13(9-1-4-16-5-2-9)19-20-11-3-6-17-7-10(11)8-18-14(12)20/h1-2,4-5,10-11,17-18H,3,6-8H2. The fraction of sp³-hybridized carbons (Fsp3) is 0.429. The van der Waals surface area contributed by atoms with Crippen molar-refractivity contribution < 1.29 is 0 Å². The Labute approximate surface area is 125 Å². The molecule has 0 saturated carbocycles. The van der Waals surface area contributed by atoms with Gasteiger partial charge in [0.25, 0.3) is 0 Å². The van der Waals surface area contributed by atoms with Crippen LogP contribution < -0.4 is 10.6 Å². The minimum atomic E-state index is 0.499. The van der Waals surface area contributed by atoms with E-state index in [-0.39, 0.29) is 0 Å². The van der Waals surface area contributed by atoms with Crippen LogP contribution in [0.4, 0.5) is 5.82 Å². The summed E-state index contributed by atoms with van der Waals surface area (Å²) in [5.74, 6) is 1.73. The van der Waals surface area contributed by atoms with Crippen molar-refractivity contribution in [3.63, 3.8) is 0 Å². The predicted molar refractivity (Wildman–Crippen MR) is 81.7 cm³/mol. The number of pyridine rings is 1. The number of nitrogens with one attached hydrogen (secondary N) is 2. The third-order valence-electron chi connectivity index (χ3n) is 4.22. The summed E-state index contributed by atoms with van der Waals surface area (Å²) < 4.78 is 3.23. The lowest BCUT2D eigenvalue weighted by Gasteiger charge is -2.37. The minimum absolute atomic E-state index is 0.499. The summed E-state index contributed by atoms with van der Waals surface area (Å²) in [5.41, 5.74) is 2.09. The Morgan fingerprint density at radius 1 is 1.25 bits per heavy atom. The van der Waals surface area contributed by atoms with Crippen LogP contribution in [-0.2, 0) is 0 Å². The van der Waals surface area contributed by atoms with E-state index in [1.165, 1.54) is 0 Å². The Balaban J connectivity index is 1.80. The molecule has 104 valence electrons. The lowest BCUT2D eigenvalue weighted by molar-refractivity contribution is 0.238. The maximum atomic E-state index is 4.86. The lowest BCUT2D eigenvalue weighted by atomic mass is 9.92. The Hall–Kier alpha value is -1.40. The zero-order valence-corrected chi connectivity index (χ0v) is 12.6. The third-order valence-corrected chi connectivity index (χ3v) is 4.97. The summed E-state index contributed by atoms with van der Waals surface area (Å²) in [6.07, 6.45) is 4.75. The van der Waals surface area contributed by atoms with Crippen LogP contribution in [0.3, 0.4) is 0 Å². The smallest absolute Gasteiger partial charge is 0.139 e. The number of halogens is 1.